The van der Waals surface area contributed by atoms with Crippen molar-refractivity contribution in [3.8, 4) is 5.69 Å². The molecule has 0 aliphatic carbocycles. The van der Waals surface area contributed by atoms with Gasteiger partial charge in [0, 0.05) is 28.3 Å². The first-order valence-corrected chi connectivity index (χ1v) is 13.0. The number of nitrogens with one attached hydrogen (secondary N) is 2. The predicted octanol–water partition coefficient (Wildman–Crippen LogP) is 5.48. The lowest BCUT2D eigenvalue weighted by Gasteiger charge is -2.16. The monoisotopic (exact) mass is 595 g/mol. The Kier molecular flexibility index (Phi) is 7.29. The van der Waals surface area contributed by atoms with Crippen molar-refractivity contribution in [2.75, 3.05) is 15.5 Å². The van der Waals surface area contributed by atoms with Gasteiger partial charge in [-0.05, 0) is 55.5 Å². The highest BCUT2D eigenvalue weighted by Crippen LogP contribution is 2.33. The molecule has 40 heavy (non-hydrogen) atoms. The number of halogens is 3. The summed E-state index contributed by atoms with van der Waals surface area (Å²) in [6.45, 7) is 1.73. The lowest BCUT2D eigenvalue weighted by molar-refractivity contribution is -0.120. The Hall–Kier alpha value is -4.31. The van der Waals surface area contributed by atoms with E-state index in [0.29, 0.717) is 17.1 Å². The molecule has 0 unspecified atom stereocenters. The van der Waals surface area contributed by atoms with E-state index in [1.165, 1.54) is 28.9 Å². The maximum atomic E-state index is 13.2. The van der Waals surface area contributed by atoms with Crippen LogP contribution in [-0.2, 0) is 16.6 Å². The largest absolute Gasteiger partial charge is 0.350 e. The molecule has 0 atom stereocenters. The fraction of sp³-hybridized carbons (Fsp3) is 0.0714. The van der Waals surface area contributed by atoms with Crippen molar-refractivity contribution in [2.45, 2.75) is 6.92 Å². The predicted molar refractivity (Wildman–Crippen MR) is 156 cm³/mol. The van der Waals surface area contributed by atoms with Crippen molar-refractivity contribution < 1.29 is 14.4 Å². The lowest BCUT2D eigenvalue weighted by atomic mass is 10.1. The molecule has 0 radical (unpaired) electrons. The smallest absolute Gasteiger partial charge is 0.295 e. The number of para-hydroxylation sites is 1. The number of hydrogen-bond donors (Lipinski definition) is 2. The van der Waals surface area contributed by atoms with Crippen LogP contribution in [0, 0.1) is 6.92 Å². The van der Waals surface area contributed by atoms with Gasteiger partial charge in [-0.25, -0.2) is 9.58 Å². The van der Waals surface area contributed by atoms with E-state index in [-0.39, 0.29) is 43.3 Å². The molecule has 1 aromatic heterocycles. The summed E-state index contributed by atoms with van der Waals surface area (Å²) in [4.78, 5) is 53.1. The zero-order chi connectivity index (χ0) is 28.7. The number of nitrogens with zero attached hydrogens (tertiary/aromatic N) is 3. The van der Waals surface area contributed by atoms with Crippen LogP contribution in [0.3, 0.4) is 0 Å². The minimum absolute atomic E-state index is 0.132. The Morgan fingerprint density at radius 3 is 2.15 bits per heavy atom. The molecule has 1 aliphatic heterocycles. The number of rotatable bonds is 6. The molecule has 4 aromatic rings. The molecule has 5 rings (SSSR count). The van der Waals surface area contributed by atoms with Crippen molar-refractivity contribution in [1.82, 2.24) is 9.36 Å². The van der Waals surface area contributed by atoms with Crippen LogP contribution in [0.4, 0.5) is 17.1 Å². The van der Waals surface area contributed by atoms with Gasteiger partial charge in [-0.2, -0.15) is 0 Å². The molecule has 202 valence electrons. The van der Waals surface area contributed by atoms with Crippen molar-refractivity contribution in [3.05, 3.63) is 115 Å². The molecule has 0 spiro atoms. The quantitative estimate of drug-likeness (QED) is 0.287. The van der Waals surface area contributed by atoms with Crippen molar-refractivity contribution in [3.63, 3.8) is 0 Å². The minimum atomic E-state index is -0.754. The molecule has 0 bridgehead atoms. The Morgan fingerprint density at radius 2 is 1.48 bits per heavy atom. The van der Waals surface area contributed by atoms with Crippen molar-refractivity contribution in [1.29, 1.82) is 0 Å². The molecule has 0 saturated heterocycles. The number of aromatic nitrogens is 2. The highest BCUT2D eigenvalue weighted by atomic mass is 35.5. The first-order valence-electron chi connectivity index (χ1n) is 11.8. The van der Waals surface area contributed by atoms with E-state index in [4.69, 9.17) is 34.8 Å². The first-order chi connectivity index (χ1) is 19.1. The molecule has 2 N–H and O–H groups in total. The summed E-state index contributed by atoms with van der Waals surface area (Å²) in [7, 11) is 1.72. The Labute approximate surface area is 243 Å². The van der Waals surface area contributed by atoms with E-state index >= 15 is 0 Å². The molecular formula is C28H20Cl3N5O4. The van der Waals surface area contributed by atoms with Gasteiger partial charge >= 0.3 is 0 Å². The number of anilines is 3. The molecule has 9 nitrogen and oxygen atoms in total. The van der Waals surface area contributed by atoms with Crippen LogP contribution in [0.25, 0.3) is 5.69 Å². The highest BCUT2D eigenvalue weighted by Gasteiger charge is 2.39. The Morgan fingerprint density at radius 1 is 0.800 bits per heavy atom. The summed E-state index contributed by atoms with van der Waals surface area (Å²) >= 11 is 18.3. The number of amides is 3. The van der Waals surface area contributed by atoms with Gasteiger partial charge in [-0.15, -0.1) is 0 Å². The Balaban J connectivity index is 1.39. The summed E-state index contributed by atoms with van der Waals surface area (Å²) in [5.74, 6) is -2.01. The van der Waals surface area contributed by atoms with Crippen LogP contribution in [0.5, 0.6) is 0 Å². The first kappa shape index (κ1) is 27.3. The zero-order valence-corrected chi connectivity index (χ0v) is 23.3. The number of imide groups is 1. The molecule has 1 aliphatic rings. The summed E-state index contributed by atoms with van der Waals surface area (Å²) in [6.07, 6.45) is 0. The summed E-state index contributed by atoms with van der Waals surface area (Å²) in [5.41, 5.74) is 1.46. The average molecular weight is 597 g/mol. The standard InChI is InChI=1S/C28H20Cl3N5O4/c1-15-23(28(40)36(34(15)2)20-9-4-3-5-10-20)33-25(37)16-7-6-8-19(11-16)32-24-22(31)26(38)35(27(24)39)21-13-17(29)12-18(30)14-21/h3-14,32H,1-2H3,(H,33,37). The highest BCUT2D eigenvalue weighted by molar-refractivity contribution is 6.53. The number of benzene rings is 3. The lowest BCUT2D eigenvalue weighted by Crippen LogP contribution is -2.32. The molecule has 0 saturated carbocycles. The van der Waals surface area contributed by atoms with Gasteiger partial charge in [0.05, 0.1) is 17.1 Å². The van der Waals surface area contributed by atoms with Crippen LogP contribution >= 0.6 is 34.8 Å². The second-order valence-electron chi connectivity index (χ2n) is 8.86. The van der Waals surface area contributed by atoms with E-state index in [0.717, 1.165) is 4.90 Å². The molecule has 0 fully saturated rings. The Bertz CT molecular complexity index is 1770. The second-order valence-corrected chi connectivity index (χ2v) is 10.1. The van der Waals surface area contributed by atoms with Gasteiger partial charge < -0.3 is 10.6 Å². The van der Waals surface area contributed by atoms with Gasteiger partial charge in [0.1, 0.15) is 16.4 Å². The van der Waals surface area contributed by atoms with E-state index in [9.17, 15) is 19.2 Å². The van der Waals surface area contributed by atoms with Gasteiger partial charge in [-0.1, -0.05) is 59.1 Å². The zero-order valence-electron chi connectivity index (χ0n) is 21.0. The number of carbonyl (C=O) groups excluding carboxylic acids is 3. The summed E-state index contributed by atoms with van der Waals surface area (Å²) in [5, 5.41) is 5.68. The fourth-order valence-electron chi connectivity index (χ4n) is 4.29. The molecular weight excluding hydrogens is 577 g/mol. The van der Waals surface area contributed by atoms with Crippen molar-refractivity contribution >= 4 is 69.6 Å². The van der Waals surface area contributed by atoms with Gasteiger partial charge in [0.25, 0.3) is 23.3 Å². The van der Waals surface area contributed by atoms with Gasteiger partial charge in [-0.3, -0.25) is 23.9 Å². The van der Waals surface area contributed by atoms with Gasteiger partial charge in [0.2, 0.25) is 0 Å². The van der Waals surface area contributed by atoms with Crippen LogP contribution < -0.4 is 21.1 Å². The van der Waals surface area contributed by atoms with E-state index in [1.807, 2.05) is 18.2 Å². The SMILES string of the molecule is Cc1c(NC(=O)c2cccc(NC3=C(Cl)C(=O)N(c4cc(Cl)cc(Cl)c4)C3=O)c2)c(=O)n(-c2ccccc2)n1C. The van der Waals surface area contributed by atoms with Crippen LogP contribution in [0.1, 0.15) is 16.1 Å². The molecule has 12 heteroatoms. The maximum Gasteiger partial charge on any atom is 0.295 e. The third-order valence-electron chi connectivity index (χ3n) is 6.32. The summed E-state index contributed by atoms with van der Waals surface area (Å²) in [6, 6.07) is 19.6. The average Bonchev–Trinajstić information content (AvgIpc) is 3.26. The molecule has 2 heterocycles. The van der Waals surface area contributed by atoms with Crippen LogP contribution in [0.2, 0.25) is 10.0 Å². The molecule has 3 amide bonds. The van der Waals surface area contributed by atoms with Gasteiger partial charge in [0.15, 0.2) is 0 Å². The summed E-state index contributed by atoms with van der Waals surface area (Å²) < 4.78 is 3.11. The second kappa shape index (κ2) is 10.7. The third-order valence-corrected chi connectivity index (χ3v) is 7.11. The fourth-order valence-corrected chi connectivity index (χ4v) is 5.02. The van der Waals surface area contributed by atoms with E-state index < -0.39 is 17.7 Å². The number of carbonyl (C=O) groups is 3. The minimum Gasteiger partial charge on any atom is -0.350 e. The van der Waals surface area contributed by atoms with E-state index in [1.54, 1.807) is 49.0 Å². The van der Waals surface area contributed by atoms with Crippen LogP contribution in [-0.4, -0.2) is 27.1 Å². The van der Waals surface area contributed by atoms with E-state index in [2.05, 4.69) is 10.6 Å². The topological polar surface area (TPSA) is 105 Å². The normalized spacial score (nSPS) is 13.3. The molecule has 3 aromatic carbocycles. The third kappa shape index (κ3) is 4.90. The maximum absolute atomic E-state index is 13.2. The van der Waals surface area contributed by atoms with Crippen LogP contribution in [0.15, 0.2) is 88.3 Å². The van der Waals surface area contributed by atoms with Crippen molar-refractivity contribution in [2.24, 2.45) is 7.05 Å². The number of hydrogen-bond acceptors (Lipinski definition) is 5.